The van der Waals surface area contributed by atoms with E-state index in [0.717, 1.165) is 18.4 Å². The standard InChI is InChI=1S/C11H13FN4/c1-7-4-8(7)5-13-11-14-10-3-2-9(12)6-16(10)15-11/h2-3,6-8H,4-5H2,1H3,(H,13,15). The van der Waals surface area contributed by atoms with E-state index in [0.29, 0.717) is 11.6 Å². The van der Waals surface area contributed by atoms with E-state index in [4.69, 9.17) is 0 Å². The molecule has 2 atom stereocenters. The Morgan fingerprint density at radius 3 is 3.12 bits per heavy atom. The topological polar surface area (TPSA) is 42.2 Å². The fraction of sp³-hybridized carbons (Fsp3) is 0.455. The lowest BCUT2D eigenvalue weighted by atomic mass is 10.3. The molecule has 0 radical (unpaired) electrons. The first-order valence-electron chi connectivity index (χ1n) is 5.48. The molecule has 1 aliphatic rings. The molecule has 0 bridgehead atoms. The van der Waals surface area contributed by atoms with Crippen molar-refractivity contribution in [1.82, 2.24) is 14.6 Å². The van der Waals surface area contributed by atoms with E-state index in [-0.39, 0.29) is 5.82 Å². The van der Waals surface area contributed by atoms with Gasteiger partial charge in [0, 0.05) is 6.54 Å². The molecule has 2 heterocycles. The monoisotopic (exact) mass is 220 g/mol. The summed E-state index contributed by atoms with van der Waals surface area (Å²) < 4.78 is 14.4. The number of anilines is 1. The van der Waals surface area contributed by atoms with Crippen molar-refractivity contribution in [3.8, 4) is 0 Å². The van der Waals surface area contributed by atoms with Gasteiger partial charge < -0.3 is 5.32 Å². The average Bonchev–Trinajstić information content (AvgIpc) is 2.81. The molecule has 0 amide bonds. The summed E-state index contributed by atoms with van der Waals surface area (Å²) >= 11 is 0. The van der Waals surface area contributed by atoms with Crippen molar-refractivity contribution in [1.29, 1.82) is 0 Å². The summed E-state index contributed by atoms with van der Waals surface area (Å²) in [5.74, 6) is 1.81. The predicted octanol–water partition coefficient (Wildman–Crippen LogP) is 1.94. The summed E-state index contributed by atoms with van der Waals surface area (Å²) in [4.78, 5) is 4.25. The molecule has 2 unspecified atom stereocenters. The van der Waals surface area contributed by atoms with E-state index in [2.05, 4.69) is 22.3 Å². The van der Waals surface area contributed by atoms with Crippen LogP contribution < -0.4 is 5.32 Å². The minimum Gasteiger partial charge on any atom is -0.353 e. The minimum absolute atomic E-state index is 0.306. The molecular formula is C11H13FN4. The summed E-state index contributed by atoms with van der Waals surface area (Å²) in [5, 5.41) is 7.33. The van der Waals surface area contributed by atoms with Gasteiger partial charge in [-0.2, -0.15) is 4.98 Å². The molecule has 2 aromatic rings. The molecule has 1 aliphatic carbocycles. The van der Waals surface area contributed by atoms with Crippen LogP contribution in [-0.2, 0) is 0 Å². The molecule has 1 fully saturated rings. The number of halogens is 1. The van der Waals surface area contributed by atoms with Crippen molar-refractivity contribution in [2.45, 2.75) is 13.3 Å². The van der Waals surface area contributed by atoms with Crippen molar-refractivity contribution >= 4 is 11.6 Å². The number of aromatic nitrogens is 3. The van der Waals surface area contributed by atoms with Crippen LogP contribution in [0.5, 0.6) is 0 Å². The van der Waals surface area contributed by atoms with Crippen LogP contribution >= 0.6 is 0 Å². The Labute approximate surface area is 92.5 Å². The quantitative estimate of drug-likeness (QED) is 0.859. The number of hydrogen-bond donors (Lipinski definition) is 1. The Hall–Kier alpha value is -1.65. The first-order valence-corrected chi connectivity index (χ1v) is 5.48. The fourth-order valence-electron chi connectivity index (χ4n) is 1.84. The highest BCUT2D eigenvalue weighted by atomic mass is 19.1. The molecule has 0 saturated heterocycles. The van der Waals surface area contributed by atoms with Crippen LogP contribution in [0.3, 0.4) is 0 Å². The lowest BCUT2D eigenvalue weighted by molar-refractivity contribution is 0.614. The van der Waals surface area contributed by atoms with Gasteiger partial charge in [-0.15, -0.1) is 5.10 Å². The van der Waals surface area contributed by atoms with Crippen LogP contribution in [0, 0.1) is 17.7 Å². The SMILES string of the molecule is CC1CC1CNc1nc2ccc(F)cn2n1. The van der Waals surface area contributed by atoms with Crippen molar-refractivity contribution in [2.24, 2.45) is 11.8 Å². The zero-order chi connectivity index (χ0) is 11.1. The smallest absolute Gasteiger partial charge is 0.243 e. The van der Waals surface area contributed by atoms with Crippen LogP contribution in [0.2, 0.25) is 0 Å². The van der Waals surface area contributed by atoms with Crippen molar-refractivity contribution < 1.29 is 4.39 Å². The second kappa shape index (κ2) is 3.43. The van der Waals surface area contributed by atoms with Crippen LogP contribution in [0.4, 0.5) is 10.3 Å². The maximum atomic E-state index is 12.9. The number of fused-ring (bicyclic) bond motifs is 1. The second-order valence-electron chi connectivity index (χ2n) is 4.44. The van der Waals surface area contributed by atoms with Crippen molar-refractivity contribution in [2.75, 3.05) is 11.9 Å². The molecule has 1 saturated carbocycles. The third-order valence-electron chi connectivity index (χ3n) is 3.09. The Morgan fingerprint density at radius 1 is 1.56 bits per heavy atom. The summed E-state index contributed by atoms with van der Waals surface area (Å²) in [5.41, 5.74) is 0.660. The first-order chi connectivity index (χ1) is 7.72. The molecule has 84 valence electrons. The third kappa shape index (κ3) is 1.73. The van der Waals surface area contributed by atoms with Crippen LogP contribution in [0.1, 0.15) is 13.3 Å². The van der Waals surface area contributed by atoms with Crippen molar-refractivity contribution in [3.63, 3.8) is 0 Å². The first kappa shape index (κ1) is 9.57. The van der Waals surface area contributed by atoms with Gasteiger partial charge in [-0.1, -0.05) is 6.92 Å². The second-order valence-corrected chi connectivity index (χ2v) is 4.44. The van der Waals surface area contributed by atoms with Crippen LogP contribution in [0.15, 0.2) is 18.3 Å². The van der Waals surface area contributed by atoms with Gasteiger partial charge >= 0.3 is 0 Å². The number of nitrogens with one attached hydrogen (secondary N) is 1. The lowest BCUT2D eigenvalue weighted by Gasteiger charge is -1.97. The molecule has 2 aromatic heterocycles. The molecule has 5 heteroatoms. The molecule has 16 heavy (non-hydrogen) atoms. The third-order valence-corrected chi connectivity index (χ3v) is 3.09. The highest BCUT2D eigenvalue weighted by Crippen LogP contribution is 2.37. The predicted molar refractivity (Wildman–Crippen MR) is 58.7 cm³/mol. The molecular weight excluding hydrogens is 207 g/mol. The van der Waals surface area contributed by atoms with E-state index in [9.17, 15) is 4.39 Å². The van der Waals surface area contributed by atoms with Crippen molar-refractivity contribution in [3.05, 3.63) is 24.1 Å². The number of nitrogens with zero attached hydrogens (tertiary/aromatic N) is 3. The maximum absolute atomic E-state index is 12.9. The molecule has 0 spiro atoms. The summed E-state index contributed by atoms with van der Waals surface area (Å²) in [7, 11) is 0. The summed E-state index contributed by atoms with van der Waals surface area (Å²) in [6, 6.07) is 3.00. The number of hydrogen-bond acceptors (Lipinski definition) is 3. The van der Waals surface area contributed by atoms with E-state index in [1.165, 1.54) is 23.2 Å². The van der Waals surface area contributed by atoms with E-state index in [1.54, 1.807) is 6.07 Å². The summed E-state index contributed by atoms with van der Waals surface area (Å²) in [6.07, 6.45) is 2.60. The highest BCUT2D eigenvalue weighted by Gasteiger charge is 2.32. The Kier molecular flexibility index (Phi) is 2.05. The highest BCUT2D eigenvalue weighted by molar-refractivity contribution is 5.43. The molecule has 0 aliphatic heterocycles. The number of rotatable bonds is 3. The van der Waals surface area contributed by atoms with Gasteiger partial charge in [0.05, 0.1) is 6.20 Å². The average molecular weight is 220 g/mol. The van der Waals surface area contributed by atoms with E-state index in [1.807, 2.05) is 0 Å². The zero-order valence-electron chi connectivity index (χ0n) is 9.02. The van der Waals surface area contributed by atoms with E-state index < -0.39 is 0 Å². The van der Waals surface area contributed by atoms with Gasteiger partial charge in [0.25, 0.3) is 0 Å². The van der Waals surface area contributed by atoms with Crippen LogP contribution in [0.25, 0.3) is 5.65 Å². The van der Waals surface area contributed by atoms with Gasteiger partial charge in [-0.3, -0.25) is 0 Å². The Balaban J connectivity index is 1.77. The van der Waals surface area contributed by atoms with Gasteiger partial charge in [0.1, 0.15) is 5.82 Å². The van der Waals surface area contributed by atoms with Crippen LogP contribution in [-0.4, -0.2) is 21.1 Å². The largest absolute Gasteiger partial charge is 0.353 e. The number of pyridine rings is 1. The molecule has 4 nitrogen and oxygen atoms in total. The molecule has 1 N–H and O–H groups in total. The summed E-state index contributed by atoms with van der Waals surface area (Å²) in [6.45, 7) is 3.14. The molecule has 3 rings (SSSR count). The van der Waals surface area contributed by atoms with Gasteiger partial charge in [0.15, 0.2) is 5.65 Å². The minimum atomic E-state index is -0.306. The lowest BCUT2D eigenvalue weighted by Crippen LogP contribution is -2.05. The van der Waals surface area contributed by atoms with E-state index >= 15 is 0 Å². The normalized spacial score (nSPS) is 23.6. The van der Waals surface area contributed by atoms with Gasteiger partial charge in [-0.25, -0.2) is 8.91 Å². The zero-order valence-corrected chi connectivity index (χ0v) is 9.02. The fourth-order valence-corrected chi connectivity index (χ4v) is 1.84. The van der Waals surface area contributed by atoms with Gasteiger partial charge in [-0.05, 0) is 30.4 Å². The van der Waals surface area contributed by atoms with Gasteiger partial charge in [0.2, 0.25) is 5.95 Å². The molecule has 0 aromatic carbocycles. The Bertz CT molecular complexity index is 522. The Morgan fingerprint density at radius 2 is 2.38 bits per heavy atom. The maximum Gasteiger partial charge on any atom is 0.243 e.